The number of fused-ring (bicyclic) bond motifs is 2. The van der Waals surface area contributed by atoms with Crippen molar-refractivity contribution in [3.05, 3.63) is 29.3 Å². The van der Waals surface area contributed by atoms with Gasteiger partial charge in [-0.1, -0.05) is 17.7 Å². The lowest BCUT2D eigenvalue weighted by Crippen LogP contribution is -2.35. The number of hydrogen-bond acceptors (Lipinski definition) is 2. The average Bonchev–Trinajstić information content (AvgIpc) is 2.58. The molecular formula is C13H17ClN2. The summed E-state index contributed by atoms with van der Waals surface area (Å²) in [4.78, 5) is 2.46. The summed E-state index contributed by atoms with van der Waals surface area (Å²) in [5, 5.41) is 4.53. The molecule has 0 aromatic heterocycles. The summed E-state index contributed by atoms with van der Waals surface area (Å²) in [5.41, 5.74) is 1.27. The predicted octanol–water partition coefficient (Wildman–Crippen LogP) is 2.67. The second-order valence-electron chi connectivity index (χ2n) is 4.85. The van der Waals surface area contributed by atoms with Gasteiger partial charge in [-0.05, 0) is 37.5 Å². The highest BCUT2D eigenvalue weighted by molar-refractivity contribution is 6.30. The Morgan fingerprint density at radius 1 is 1.19 bits per heavy atom. The number of benzene rings is 1. The van der Waals surface area contributed by atoms with Gasteiger partial charge in [0.1, 0.15) is 0 Å². The lowest BCUT2D eigenvalue weighted by Gasteiger charge is -2.26. The first-order chi connectivity index (χ1) is 7.81. The van der Waals surface area contributed by atoms with Gasteiger partial charge in [-0.25, -0.2) is 0 Å². The van der Waals surface area contributed by atoms with Crippen LogP contribution in [0.4, 0.5) is 5.69 Å². The van der Waals surface area contributed by atoms with Crippen LogP contribution < -0.4 is 10.2 Å². The van der Waals surface area contributed by atoms with Gasteiger partial charge in [-0.15, -0.1) is 0 Å². The Bertz CT molecular complexity index is 380. The second kappa shape index (κ2) is 4.27. The molecule has 0 spiro atoms. The summed E-state index contributed by atoms with van der Waals surface area (Å²) in [7, 11) is 0. The summed E-state index contributed by atoms with van der Waals surface area (Å²) in [6, 6.07) is 9.62. The van der Waals surface area contributed by atoms with Crippen LogP contribution in [0.1, 0.15) is 19.3 Å². The third kappa shape index (κ3) is 2.04. The lowest BCUT2D eigenvalue weighted by molar-refractivity contribution is 0.563. The molecule has 2 nitrogen and oxygen atoms in total. The van der Waals surface area contributed by atoms with Gasteiger partial charge in [0, 0.05) is 35.9 Å². The number of anilines is 1. The normalized spacial score (nSPS) is 29.2. The van der Waals surface area contributed by atoms with Crippen LogP contribution in [0.5, 0.6) is 0 Å². The molecule has 2 unspecified atom stereocenters. The molecule has 2 aliphatic heterocycles. The van der Waals surface area contributed by atoms with Crippen molar-refractivity contribution in [1.82, 2.24) is 5.32 Å². The van der Waals surface area contributed by atoms with Gasteiger partial charge in [0.2, 0.25) is 0 Å². The summed E-state index contributed by atoms with van der Waals surface area (Å²) < 4.78 is 0. The average molecular weight is 237 g/mol. The van der Waals surface area contributed by atoms with Crippen molar-refractivity contribution in [1.29, 1.82) is 0 Å². The fourth-order valence-corrected chi connectivity index (χ4v) is 3.03. The molecule has 3 heteroatoms. The lowest BCUT2D eigenvalue weighted by atomic mass is 10.1. The number of halogens is 1. The van der Waals surface area contributed by atoms with E-state index in [1.54, 1.807) is 0 Å². The van der Waals surface area contributed by atoms with Crippen molar-refractivity contribution < 1.29 is 0 Å². The molecule has 2 saturated heterocycles. The number of nitrogens with one attached hydrogen (secondary N) is 1. The zero-order valence-corrected chi connectivity index (χ0v) is 10.1. The highest BCUT2D eigenvalue weighted by Gasteiger charge is 2.29. The maximum absolute atomic E-state index is 6.04. The van der Waals surface area contributed by atoms with E-state index in [-0.39, 0.29) is 0 Å². The summed E-state index contributed by atoms with van der Waals surface area (Å²) in [5.74, 6) is 0. The molecule has 0 amide bonds. The zero-order valence-electron chi connectivity index (χ0n) is 9.32. The largest absolute Gasteiger partial charge is 0.370 e. The number of hydrogen-bond donors (Lipinski definition) is 1. The number of nitrogens with zero attached hydrogens (tertiary/aromatic N) is 1. The summed E-state index contributed by atoms with van der Waals surface area (Å²) >= 11 is 6.04. The van der Waals surface area contributed by atoms with E-state index < -0.39 is 0 Å². The van der Waals surface area contributed by atoms with Gasteiger partial charge in [0.05, 0.1) is 0 Å². The maximum Gasteiger partial charge on any atom is 0.0426 e. The topological polar surface area (TPSA) is 15.3 Å². The van der Waals surface area contributed by atoms with Crippen LogP contribution in [0.15, 0.2) is 24.3 Å². The Morgan fingerprint density at radius 3 is 2.94 bits per heavy atom. The van der Waals surface area contributed by atoms with Gasteiger partial charge in [0.15, 0.2) is 0 Å². The second-order valence-corrected chi connectivity index (χ2v) is 5.29. The SMILES string of the molecule is Clc1cccc(N2CCC3CCC(C2)N3)c1. The quantitative estimate of drug-likeness (QED) is 0.807. The maximum atomic E-state index is 6.04. The van der Waals surface area contributed by atoms with E-state index >= 15 is 0 Å². The highest BCUT2D eigenvalue weighted by Crippen LogP contribution is 2.26. The molecule has 2 heterocycles. The van der Waals surface area contributed by atoms with Gasteiger partial charge < -0.3 is 10.2 Å². The minimum absolute atomic E-state index is 0.673. The number of rotatable bonds is 1. The van der Waals surface area contributed by atoms with E-state index in [0.29, 0.717) is 6.04 Å². The molecule has 86 valence electrons. The van der Waals surface area contributed by atoms with E-state index in [1.807, 2.05) is 12.1 Å². The molecule has 0 aliphatic carbocycles. The van der Waals surface area contributed by atoms with E-state index in [4.69, 9.17) is 11.6 Å². The minimum Gasteiger partial charge on any atom is -0.370 e. The molecule has 3 rings (SSSR count). The molecule has 1 N–H and O–H groups in total. The molecule has 1 aromatic carbocycles. The fourth-order valence-electron chi connectivity index (χ4n) is 2.85. The molecule has 2 aliphatic rings. The molecule has 0 saturated carbocycles. The van der Waals surface area contributed by atoms with Crippen molar-refractivity contribution in [2.45, 2.75) is 31.3 Å². The van der Waals surface area contributed by atoms with Crippen molar-refractivity contribution >= 4 is 17.3 Å². The Balaban J connectivity index is 1.79. The highest BCUT2D eigenvalue weighted by atomic mass is 35.5. The van der Waals surface area contributed by atoms with E-state index in [9.17, 15) is 0 Å². The van der Waals surface area contributed by atoms with Crippen LogP contribution >= 0.6 is 11.6 Å². The van der Waals surface area contributed by atoms with Crippen molar-refractivity contribution in [3.63, 3.8) is 0 Å². The van der Waals surface area contributed by atoms with Crippen LogP contribution in [0.2, 0.25) is 5.02 Å². The van der Waals surface area contributed by atoms with Crippen LogP contribution in [-0.4, -0.2) is 25.2 Å². The molecular weight excluding hydrogens is 220 g/mol. The van der Waals surface area contributed by atoms with E-state index in [2.05, 4.69) is 22.3 Å². The van der Waals surface area contributed by atoms with Gasteiger partial charge >= 0.3 is 0 Å². The first-order valence-electron chi connectivity index (χ1n) is 6.08. The van der Waals surface area contributed by atoms with Crippen LogP contribution in [0.3, 0.4) is 0 Å². The third-order valence-corrected chi connectivity index (χ3v) is 3.93. The fraction of sp³-hybridized carbons (Fsp3) is 0.538. The Morgan fingerprint density at radius 2 is 2.06 bits per heavy atom. The van der Waals surface area contributed by atoms with Crippen molar-refractivity contribution in [3.8, 4) is 0 Å². The molecule has 2 atom stereocenters. The molecule has 16 heavy (non-hydrogen) atoms. The van der Waals surface area contributed by atoms with Crippen LogP contribution in [0, 0.1) is 0 Å². The summed E-state index contributed by atoms with van der Waals surface area (Å²) in [6.07, 6.45) is 3.93. The molecule has 2 fully saturated rings. The monoisotopic (exact) mass is 236 g/mol. The first kappa shape index (κ1) is 10.4. The van der Waals surface area contributed by atoms with Crippen LogP contribution in [-0.2, 0) is 0 Å². The van der Waals surface area contributed by atoms with Gasteiger partial charge in [-0.2, -0.15) is 0 Å². The van der Waals surface area contributed by atoms with Crippen LogP contribution in [0.25, 0.3) is 0 Å². The Kier molecular flexibility index (Phi) is 2.78. The van der Waals surface area contributed by atoms with E-state index in [0.717, 1.165) is 24.2 Å². The Labute approximate surface area is 102 Å². The smallest absolute Gasteiger partial charge is 0.0426 e. The molecule has 0 radical (unpaired) electrons. The van der Waals surface area contributed by atoms with Gasteiger partial charge in [0.25, 0.3) is 0 Å². The predicted molar refractivity (Wildman–Crippen MR) is 68.2 cm³/mol. The third-order valence-electron chi connectivity index (χ3n) is 3.70. The standard InChI is InChI=1S/C13H17ClN2/c14-10-2-1-3-13(8-10)16-7-6-11-4-5-12(9-16)15-11/h1-3,8,11-12,15H,4-7,9H2. The van der Waals surface area contributed by atoms with Crippen molar-refractivity contribution in [2.24, 2.45) is 0 Å². The molecule has 2 bridgehead atoms. The van der Waals surface area contributed by atoms with E-state index in [1.165, 1.54) is 24.9 Å². The minimum atomic E-state index is 0.673. The Hall–Kier alpha value is -0.730. The molecule has 1 aromatic rings. The summed E-state index contributed by atoms with van der Waals surface area (Å²) in [6.45, 7) is 2.27. The first-order valence-corrected chi connectivity index (χ1v) is 6.45. The zero-order chi connectivity index (χ0) is 11.0. The van der Waals surface area contributed by atoms with Crippen molar-refractivity contribution in [2.75, 3.05) is 18.0 Å². The van der Waals surface area contributed by atoms with Gasteiger partial charge in [-0.3, -0.25) is 0 Å².